The minimum absolute atomic E-state index is 0.582. The lowest BCUT2D eigenvalue weighted by Crippen LogP contribution is -2.39. The Morgan fingerprint density at radius 3 is 2.08 bits per heavy atom. The molecule has 0 spiro atoms. The lowest BCUT2D eigenvalue weighted by molar-refractivity contribution is 0.125. The Balaban J connectivity index is 3.71. The van der Waals surface area contributed by atoms with Crippen LogP contribution in [0.1, 0.15) is 27.7 Å². The number of nitrogens with zero attached hydrogens (tertiary/aromatic N) is 1. The van der Waals surface area contributed by atoms with Crippen molar-refractivity contribution < 1.29 is 4.74 Å². The molecular formula is C10H21NO. The summed E-state index contributed by atoms with van der Waals surface area (Å²) in [7, 11) is 0. The van der Waals surface area contributed by atoms with Gasteiger partial charge in [0.05, 0.1) is 12.9 Å². The normalized spacial score (nSPS) is 11.2. The third-order valence-electron chi connectivity index (χ3n) is 1.91. The Morgan fingerprint density at radius 2 is 1.75 bits per heavy atom. The van der Waals surface area contributed by atoms with E-state index in [1.807, 2.05) is 0 Å². The molecule has 0 aliphatic carbocycles. The molecule has 0 saturated carbocycles. The van der Waals surface area contributed by atoms with Crippen molar-refractivity contribution in [3.05, 3.63) is 12.8 Å². The smallest absolute Gasteiger partial charge is 0.1000 e. The Hall–Kier alpha value is -0.500. The molecule has 0 fully saturated rings. The van der Waals surface area contributed by atoms with Gasteiger partial charge in [-0.1, -0.05) is 6.58 Å². The van der Waals surface area contributed by atoms with Crippen molar-refractivity contribution in [2.75, 3.05) is 13.2 Å². The average Bonchev–Trinajstić information content (AvgIpc) is 1.96. The van der Waals surface area contributed by atoms with Gasteiger partial charge in [0.15, 0.2) is 0 Å². The van der Waals surface area contributed by atoms with Crippen molar-refractivity contribution in [1.29, 1.82) is 0 Å². The highest BCUT2D eigenvalue weighted by Crippen LogP contribution is 2.03. The van der Waals surface area contributed by atoms with E-state index in [4.69, 9.17) is 4.74 Å². The molecule has 0 N–H and O–H groups in total. The molecule has 0 aliphatic rings. The van der Waals surface area contributed by atoms with E-state index in [9.17, 15) is 0 Å². The first-order valence-electron chi connectivity index (χ1n) is 4.57. The molecule has 2 heteroatoms. The van der Waals surface area contributed by atoms with Crippen molar-refractivity contribution in [2.45, 2.75) is 39.8 Å². The van der Waals surface area contributed by atoms with Crippen molar-refractivity contribution in [3.8, 4) is 0 Å². The molecule has 72 valence electrons. The minimum atomic E-state index is 0.582. The van der Waals surface area contributed by atoms with Gasteiger partial charge in [-0.25, -0.2) is 0 Å². The molecule has 12 heavy (non-hydrogen) atoms. The van der Waals surface area contributed by atoms with Gasteiger partial charge in [0.25, 0.3) is 0 Å². The molecule has 0 aromatic rings. The predicted molar refractivity (Wildman–Crippen MR) is 53.1 cm³/mol. The van der Waals surface area contributed by atoms with Crippen LogP contribution in [-0.2, 0) is 4.74 Å². The van der Waals surface area contributed by atoms with Gasteiger partial charge in [-0.05, 0) is 27.7 Å². The lowest BCUT2D eigenvalue weighted by atomic mass is 10.2. The van der Waals surface area contributed by atoms with Crippen LogP contribution < -0.4 is 0 Å². The summed E-state index contributed by atoms with van der Waals surface area (Å²) in [6.45, 7) is 14.0. The van der Waals surface area contributed by atoms with E-state index >= 15 is 0 Å². The number of hydrogen-bond acceptors (Lipinski definition) is 2. The fraction of sp³-hybridized carbons (Fsp3) is 0.800. The van der Waals surface area contributed by atoms with Crippen molar-refractivity contribution in [1.82, 2.24) is 4.90 Å². The zero-order valence-electron chi connectivity index (χ0n) is 8.71. The second-order valence-electron chi connectivity index (χ2n) is 3.46. The Bertz CT molecular complexity index is 113. The van der Waals surface area contributed by atoms with Gasteiger partial charge in [0.2, 0.25) is 0 Å². The van der Waals surface area contributed by atoms with Gasteiger partial charge < -0.3 is 4.74 Å². The first-order chi connectivity index (χ1) is 5.59. The molecule has 0 unspecified atom stereocenters. The van der Waals surface area contributed by atoms with Crippen molar-refractivity contribution in [3.63, 3.8) is 0 Å². The minimum Gasteiger partial charge on any atom is -0.500 e. The molecule has 0 bridgehead atoms. The van der Waals surface area contributed by atoms with Gasteiger partial charge in [0, 0.05) is 18.6 Å². The predicted octanol–water partition coefficient (Wildman–Crippen LogP) is 2.27. The zero-order valence-corrected chi connectivity index (χ0v) is 8.71. The summed E-state index contributed by atoms with van der Waals surface area (Å²) in [6, 6.07) is 1.16. The van der Waals surface area contributed by atoms with E-state index in [1.165, 1.54) is 6.26 Å². The van der Waals surface area contributed by atoms with E-state index in [0.29, 0.717) is 12.1 Å². The average molecular weight is 171 g/mol. The second kappa shape index (κ2) is 6.06. The van der Waals surface area contributed by atoms with Crippen LogP contribution in [0.5, 0.6) is 0 Å². The third kappa shape index (κ3) is 4.39. The summed E-state index contributed by atoms with van der Waals surface area (Å²) >= 11 is 0. The molecule has 0 atom stereocenters. The molecule has 0 amide bonds. The van der Waals surface area contributed by atoms with Gasteiger partial charge in [-0.3, -0.25) is 4.90 Å². The summed E-state index contributed by atoms with van der Waals surface area (Å²) < 4.78 is 5.09. The van der Waals surface area contributed by atoms with Crippen LogP contribution in [0, 0.1) is 0 Å². The zero-order chi connectivity index (χ0) is 9.56. The highest BCUT2D eigenvalue weighted by Gasteiger charge is 2.11. The largest absolute Gasteiger partial charge is 0.500 e. The topological polar surface area (TPSA) is 12.5 Å². The molecule has 0 radical (unpaired) electrons. The molecule has 0 heterocycles. The van der Waals surface area contributed by atoms with Gasteiger partial charge in [0.1, 0.15) is 0 Å². The summed E-state index contributed by atoms with van der Waals surface area (Å²) in [6.07, 6.45) is 1.50. The third-order valence-corrected chi connectivity index (χ3v) is 1.91. The van der Waals surface area contributed by atoms with Crippen molar-refractivity contribution >= 4 is 0 Å². The molecule has 2 nitrogen and oxygen atoms in total. The van der Waals surface area contributed by atoms with E-state index < -0.39 is 0 Å². The lowest BCUT2D eigenvalue weighted by Gasteiger charge is -2.29. The fourth-order valence-corrected chi connectivity index (χ4v) is 1.35. The van der Waals surface area contributed by atoms with E-state index in [1.54, 1.807) is 0 Å². The van der Waals surface area contributed by atoms with Crippen LogP contribution in [0.2, 0.25) is 0 Å². The molecular weight excluding hydrogens is 150 g/mol. The standard InChI is InChI=1S/C10H21NO/c1-6-12-8-7-11(9(2)3)10(4)5/h6,9-10H,1,7-8H2,2-5H3. The van der Waals surface area contributed by atoms with Crippen LogP contribution in [0.15, 0.2) is 12.8 Å². The van der Waals surface area contributed by atoms with E-state index in [-0.39, 0.29) is 0 Å². The number of ether oxygens (including phenoxy) is 1. The van der Waals surface area contributed by atoms with E-state index in [2.05, 4.69) is 39.2 Å². The Kier molecular flexibility index (Phi) is 5.81. The maximum atomic E-state index is 5.09. The molecule has 0 rings (SSSR count). The van der Waals surface area contributed by atoms with Crippen molar-refractivity contribution in [2.24, 2.45) is 0 Å². The monoisotopic (exact) mass is 171 g/mol. The second-order valence-corrected chi connectivity index (χ2v) is 3.46. The summed E-state index contributed by atoms with van der Waals surface area (Å²) in [4.78, 5) is 2.39. The van der Waals surface area contributed by atoms with Crippen LogP contribution >= 0.6 is 0 Å². The number of hydrogen-bond donors (Lipinski definition) is 0. The van der Waals surface area contributed by atoms with Gasteiger partial charge in [-0.15, -0.1) is 0 Å². The van der Waals surface area contributed by atoms with Gasteiger partial charge >= 0.3 is 0 Å². The quantitative estimate of drug-likeness (QED) is 0.449. The maximum absolute atomic E-state index is 5.09. The van der Waals surface area contributed by atoms with Crippen LogP contribution in [0.25, 0.3) is 0 Å². The first-order valence-corrected chi connectivity index (χ1v) is 4.57. The summed E-state index contributed by atoms with van der Waals surface area (Å²) in [5, 5.41) is 0. The fourth-order valence-electron chi connectivity index (χ4n) is 1.35. The Labute approximate surface area is 76.2 Å². The van der Waals surface area contributed by atoms with E-state index in [0.717, 1.165) is 13.2 Å². The van der Waals surface area contributed by atoms with Crippen LogP contribution in [-0.4, -0.2) is 30.1 Å². The highest BCUT2D eigenvalue weighted by molar-refractivity contribution is 4.67. The molecule has 0 aromatic heterocycles. The van der Waals surface area contributed by atoms with Crippen LogP contribution in [0.3, 0.4) is 0 Å². The first kappa shape index (κ1) is 11.5. The van der Waals surface area contributed by atoms with Gasteiger partial charge in [-0.2, -0.15) is 0 Å². The SMILES string of the molecule is C=COCCN(C(C)C)C(C)C. The summed E-state index contributed by atoms with van der Waals surface area (Å²) in [5.41, 5.74) is 0. The highest BCUT2D eigenvalue weighted by atomic mass is 16.5. The Morgan fingerprint density at radius 1 is 1.25 bits per heavy atom. The van der Waals surface area contributed by atoms with Crippen LogP contribution in [0.4, 0.5) is 0 Å². The molecule has 0 saturated heterocycles. The maximum Gasteiger partial charge on any atom is 0.1000 e. The summed E-state index contributed by atoms with van der Waals surface area (Å²) in [5.74, 6) is 0. The molecule has 0 aromatic carbocycles. The number of rotatable bonds is 6. The molecule has 0 aliphatic heterocycles.